The quantitative estimate of drug-likeness (QED) is 0.634. The van der Waals surface area contributed by atoms with Crippen LogP contribution in [0.2, 0.25) is 0 Å². The van der Waals surface area contributed by atoms with Crippen molar-refractivity contribution in [2.45, 2.75) is 26.6 Å². The number of alkyl halides is 1. The molecule has 1 rings (SSSR count). The van der Waals surface area contributed by atoms with Crippen LogP contribution in [0.1, 0.15) is 20.8 Å². The third-order valence-electron chi connectivity index (χ3n) is 2.07. The smallest absolute Gasteiger partial charge is 0.182 e. The molecule has 66 valence electrons. The van der Waals surface area contributed by atoms with E-state index in [-0.39, 0.29) is 5.41 Å². The van der Waals surface area contributed by atoms with Gasteiger partial charge in [-0.25, -0.2) is 0 Å². The summed E-state index contributed by atoms with van der Waals surface area (Å²) in [7, 11) is 0. The summed E-state index contributed by atoms with van der Waals surface area (Å²) in [5.74, 6) is -0.410. The number of rotatable bonds is 1. The fraction of sp³-hybridized carbons (Fsp3) is 1.00. The van der Waals surface area contributed by atoms with Crippen LogP contribution in [-0.4, -0.2) is 24.3 Å². The average molecular weight is 223 g/mol. The second kappa shape index (κ2) is 3.04. The molecule has 1 saturated heterocycles. The van der Waals surface area contributed by atoms with Gasteiger partial charge in [0.05, 0.1) is 18.5 Å². The zero-order chi connectivity index (χ0) is 8.54. The minimum absolute atomic E-state index is 0.0347. The van der Waals surface area contributed by atoms with Gasteiger partial charge in [-0.2, -0.15) is 0 Å². The van der Waals surface area contributed by atoms with Crippen LogP contribution in [-0.2, 0) is 9.47 Å². The summed E-state index contributed by atoms with van der Waals surface area (Å²) in [6, 6.07) is 0. The van der Waals surface area contributed by atoms with Crippen LogP contribution < -0.4 is 0 Å². The van der Waals surface area contributed by atoms with Crippen LogP contribution in [0.25, 0.3) is 0 Å². The van der Waals surface area contributed by atoms with E-state index in [0.29, 0.717) is 13.2 Å². The van der Waals surface area contributed by atoms with Gasteiger partial charge in [0.2, 0.25) is 0 Å². The molecule has 0 radical (unpaired) electrons. The molecule has 0 saturated carbocycles. The first-order valence-electron chi connectivity index (χ1n) is 3.86. The van der Waals surface area contributed by atoms with Gasteiger partial charge in [0.25, 0.3) is 0 Å². The van der Waals surface area contributed by atoms with Crippen molar-refractivity contribution in [1.82, 2.24) is 0 Å². The van der Waals surface area contributed by atoms with E-state index in [9.17, 15) is 0 Å². The van der Waals surface area contributed by atoms with Crippen molar-refractivity contribution >= 4 is 15.9 Å². The van der Waals surface area contributed by atoms with Crippen molar-refractivity contribution in [2.24, 2.45) is 5.41 Å². The fourth-order valence-corrected chi connectivity index (χ4v) is 2.33. The third-order valence-corrected chi connectivity index (χ3v) is 2.81. The molecule has 0 spiro atoms. The minimum Gasteiger partial charge on any atom is -0.346 e. The maximum absolute atomic E-state index is 5.59. The fourth-order valence-electron chi connectivity index (χ4n) is 1.17. The molecule has 1 fully saturated rings. The molecule has 0 amide bonds. The summed E-state index contributed by atoms with van der Waals surface area (Å²) in [5.41, 5.74) is 0.0347. The Morgan fingerprint density at radius 2 is 1.73 bits per heavy atom. The second-order valence-corrected chi connectivity index (χ2v) is 4.39. The Kier molecular flexibility index (Phi) is 2.62. The summed E-state index contributed by atoms with van der Waals surface area (Å²) in [6.45, 7) is 7.80. The summed E-state index contributed by atoms with van der Waals surface area (Å²) < 4.78 is 11.2. The zero-order valence-electron chi connectivity index (χ0n) is 7.32. The van der Waals surface area contributed by atoms with Gasteiger partial charge in [0.15, 0.2) is 5.79 Å². The van der Waals surface area contributed by atoms with Crippen LogP contribution in [0.3, 0.4) is 0 Å². The highest BCUT2D eigenvalue weighted by Gasteiger charge is 2.46. The predicted molar refractivity (Wildman–Crippen MR) is 47.9 cm³/mol. The lowest BCUT2D eigenvalue weighted by molar-refractivity contribution is -0.203. The van der Waals surface area contributed by atoms with Crippen molar-refractivity contribution in [3.05, 3.63) is 0 Å². The molecule has 1 aliphatic heterocycles. The lowest BCUT2D eigenvalue weighted by atomic mass is 9.87. The Morgan fingerprint density at radius 1 is 1.27 bits per heavy atom. The zero-order valence-corrected chi connectivity index (χ0v) is 8.90. The van der Waals surface area contributed by atoms with Crippen LogP contribution in [0.4, 0.5) is 0 Å². The first kappa shape index (κ1) is 9.49. The number of hydrogen-bond donors (Lipinski definition) is 0. The standard InChI is InChI=1S/C8H15BrO2/c1-7(2,3)8(6-9)10-4-5-11-8/h4-6H2,1-3H3. The third kappa shape index (κ3) is 1.60. The Balaban J connectivity index is 2.75. The molecule has 11 heavy (non-hydrogen) atoms. The SMILES string of the molecule is CC(C)(C)C1(CBr)OCCO1. The van der Waals surface area contributed by atoms with Gasteiger partial charge in [-0.05, 0) is 0 Å². The monoisotopic (exact) mass is 222 g/mol. The summed E-state index contributed by atoms with van der Waals surface area (Å²) in [4.78, 5) is 0. The summed E-state index contributed by atoms with van der Waals surface area (Å²) in [6.07, 6.45) is 0. The molecule has 0 aromatic heterocycles. The predicted octanol–water partition coefficient (Wildman–Crippen LogP) is 2.17. The lowest BCUT2D eigenvalue weighted by Crippen LogP contribution is -2.45. The highest BCUT2D eigenvalue weighted by Crippen LogP contribution is 2.39. The molecule has 0 bridgehead atoms. The van der Waals surface area contributed by atoms with Crippen LogP contribution >= 0.6 is 15.9 Å². The van der Waals surface area contributed by atoms with Gasteiger partial charge in [-0.15, -0.1) is 0 Å². The molecule has 1 heterocycles. The molecular weight excluding hydrogens is 208 g/mol. The van der Waals surface area contributed by atoms with E-state index in [2.05, 4.69) is 36.7 Å². The van der Waals surface area contributed by atoms with E-state index in [0.717, 1.165) is 5.33 Å². The van der Waals surface area contributed by atoms with E-state index in [1.165, 1.54) is 0 Å². The largest absolute Gasteiger partial charge is 0.346 e. The van der Waals surface area contributed by atoms with Crippen LogP contribution in [0.5, 0.6) is 0 Å². The van der Waals surface area contributed by atoms with E-state index >= 15 is 0 Å². The van der Waals surface area contributed by atoms with Crippen LogP contribution in [0.15, 0.2) is 0 Å². The van der Waals surface area contributed by atoms with Crippen molar-refractivity contribution in [1.29, 1.82) is 0 Å². The van der Waals surface area contributed by atoms with E-state index in [1.807, 2.05) is 0 Å². The van der Waals surface area contributed by atoms with Crippen molar-refractivity contribution in [3.63, 3.8) is 0 Å². The minimum atomic E-state index is -0.410. The first-order chi connectivity index (χ1) is 5.02. The molecule has 0 aliphatic carbocycles. The van der Waals surface area contributed by atoms with Crippen molar-refractivity contribution in [2.75, 3.05) is 18.5 Å². The number of halogens is 1. The molecule has 3 heteroatoms. The van der Waals surface area contributed by atoms with Crippen molar-refractivity contribution in [3.8, 4) is 0 Å². The van der Waals surface area contributed by atoms with E-state index < -0.39 is 5.79 Å². The molecular formula is C8H15BrO2. The topological polar surface area (TPSA) is 18.5 Å². The normalized spacial score (nSPS) is 24.0. The maximum atomic E-state index is 5.59. The molecule has 0 atom stereocenters. The van der Waals surface area contributed by atoms with Gasteiger partial charge in [0.1, 0.15) is 0 Å². The summed E-state index contributed by atoms with van der Waals surface area (Å²) >= 11 is 3.42. The number of ether oxygens (including phenoxy) is 2. The first-order valence-corrected chi connectivity index (χ1v) is 4.98. The highest BCUT2D eigenvalue weighted by molar-refractivity contribution is 9.09. The van der Waals surface area contributed by atoms with Crippen LogP contribution in [0, 0.1) is 5.41 Å². The summed E-state index contributed by atoms with van der Waals surface area (Å²) in [5, 5.41) is 0.740. The van der Waals surface area contributed by atoms with Crippen molar-refractivity contribution < 1.29 is 9.47 Å². The van der Waals surface area contributed by atoms with E-state index in [4.69, 9.17) is 9.47 Å². The van der Waals surface area contributed by atoms with Gasteiger partial charge in [0, 0.05) is 5.41 Å². The van der Waals surface area contributed by atoms with Gasteiger partial charge < -0.3 is 9.47 Å². The Labute approximate surface area is 76.4 Å². The molecule has 0 aromatic rings. The van der Waals surface area contributed by atoms with Gasteiger partial charge in [-0.3, -0.25) is 0 Å². The Bertz CT molecular complexity index is 134. The molecule has 2 nitrogen and oxygen atoms in total. The number of hydrogen-bond acceptors (Lipinski definition) is 2. The van der Waals surface area contributed by atoms with Gasteiger partial charge >= 0.3 is 0 Å². The van der Waals surface area contributed by atoms with E-state index in [1.54, 1.807) is 0 Å². The van der Waals surface area contributed by atoms with Gasteiger partial charge in [-0.1, -0.05) is 36.7 Å². The maximum Gasteiger partial charge on any atom is 0.182 e. The molecule has 0 N–H and O–H groups in total. The molecule has 1 aliphatic rings. The average Bonchev–Trinajstić information content (AvgIpc) is 2.33. The molecule has 0 unspecified atom stereocenters. The lowest BCUT2D eigenvalue weighted by Gasteiger charge is -2.37. The molecule has 0 aromatic carbocycles. The second-order valence-electron chi connectivity index (χ2n) is 3.83. The highest BCUT2D eigenvalue weighted by atomic mass is 79.9. The Morgan fingerprint density at radius 3 is 1.91 bits per heavy atom. The Hall–Kier alpha value is 0.400.